The van der Waals surface area contributed by atoms with Crippen LogP contribution in [0.3, 0.4) is 0 Å². The Morgan fingerprint density at radius 2 is 2.14 bits per heavy atom. The van der Waals surface area contributed by atoms with Gasteiger partial charge in [-0.2, -0.15) is 0 Å². The Morgan fingerprint density at radius 1 is 1.36 bits per heavy atom. The molecule has 2 rings (SSSR count). The minimum atomic E-state index is 0.0545. The summed E-state index contributed by atoms with van der Waals surface area (Å²) in [5, 5.41) is 0. The number of rotatable bonds is 3. The van der Waals surface area contributed by atoms with Gasteiger partial charge in [0.15, 0.2) is 0 Å². The monoisotopic (exact) mass is 252 g/mol. The van der Waals surface area contributed by atoms with E-state index in [-0.39, 0.29) is 12.2 Å². The highest BCUT2D eigenvalue weighted by Gasteiger charge is 2.38. The largest absolute Gasteiger partial charge is 0.360 e. The Balaban J connectivity index is 2.09. The number of benzene rings is 1. The Morgan fingerprint density at radius 3 is 2.86 bits per heavy atom. The van der Waals surface area contributed by atoms with E-state index in [9.17, 15) is 4.79 Å². The van der Waals surface area contributed by atoms with Gasteiger partial charge < -0.3 is 4.74 Å². The zero-order chi connectivity index (χ0) is 9.97. The van der Waals surface area contributed by atoms with Crippen LogP contribution in [0.5, 0.6) is 0 Å². The molecule has 1 saturated heterocycles. The summed E-state index contributed by atoms with van der Waals surface area (Å²) in [4.78, 5) is 10.1. The van der Waals surface area contributed by atoms with Crippen LogP contribution >= 0.6 is 15.9 Å². The van der Waals surface area contributed by atoms with Gasteiger partial charge in [0.05, 0.1) is 0 Å². The Hall–Kier alpha value is -0.930. The maximum Gasteiger partial charge on any atom is 0.142 e. The van der Waals surface area contributed by atoms with Crippen molar-refractivity contribution < 1.29 is 9.53 Å². The molecular formula is C11H9BrO2. The van der Waals surface area contributed by atoms with E-state index in [1.807, 2.05) is 24.3 Å². The molecule has 1 fully saturated rings. The highest BCUT2D eigenvalue weighted by Crippen LogP contribution is 2.42. The summed E-state index contributed by atoms with van der Waals surface area (Å²) in [6.07, 6.45) is 4.16. The lowest BCUT2D eigenvalue weighted by atomic mass is 10.1. The summed E-state index contributed by atoms with van der Waals surface area (Å²) < 4.78 is 6.46. The molecule has 2 atom stereocenters. The minimum Gasteiger partial charge on any atom is -0.360 e. The Bertz CT molecular complexity index is 373. The molecule has 1 heterocycles. The highest BCUT2D eigenvalue weighted by molar-refractivity contribution is 9.10. The zero-order valence-corrected chi connectivity index (χ0v) is 8.98. The second-order valence-corrected chi connectivity index (χ2v) is 3.92. The number of halogens is 1. The maximum atomic E-state index is 10.1. The van der Waals surface area contributed by atoms with Crippen LogP contribution in [0.15, 0.2) is 40.9 Å². The number of ether oxygens (including phenoxy) is 1. The summed E-state index contributed by atoms with van der Waals surface area (Å²) >= 11 is 3.46. The molecule has 0 unspecified atom stereocenters. The lowest BCUT2D eigenvalue weighted by Gasteiger charge is -1.97. The van der Waals surface area contributed by atoms with Crippen LogP contribution in [-0.4, -0.2) is 12.4 Å². The third-order valence-electron chi connectivity index (χ3n) is 2.12. The van der Waals surface area contributed by atoms with E-state index in [0.717, 1.165) is 16.3 Å². The van der Waals surface area contributed by atoms with Crippen LogP contribution in [0.25, 0.3) is 0 Å². The quantitative estimate of drug-likeness (QED) is 0.471. The number of carbonyl (C=O) groups is 1. The van der Waals surface area contributed by atoms with Crippen LogP contribution in [-0.2, 0) is 9.53 Å². The van der Waals surface area contributed by atoms with E-state index in [2.05, 4.69) is 15.9 Å². The number of carbonyl (C=O) groups excluding carboxylic acids is 1. The normalized spacial score (nSPS) is 25.2. The van der Waals surface area contributed by atoms with Crippen molar-refractivity contribution in [1.82, 2.24) is 0 Å². The van der Waals surface area contributed by atoms with Crippen molar-refractivity contribution in [2.75, 3.05) is 0 Å². The molecule has 0 N–H and O–H groups in total. The van der Waals surface area contributed by atoms with Crippen molar-refractivity contribution >= 4 is 22.2 Å². The third kappa shape index (κ3) is 1.94. The van der Waals surface area contributed by atoms with E-state index in [0.29, 0.717) is 0 Å². The second-order valence-electron chi connectivity index (χ2n) is 3.06. The van der Waals surface area contributed by atoms with Crippen molar-refractivity contribution in [3.63, 3.8) is 0 Å². The van der Waals surface area contributed by atoms with Gasteiger partial charge in [0.1, 0.15) is 18.5 Å². The summed E-state index contributed by atoms with van der Waals surface area (Å²) in [5.41, 5.74) is 1.13. The second kappa shape index (κ2) is 4.07. The minimum absolute atomic E-state index is 0.0545. The molecule has 2 nitrogen and oxygen atoms in total. The molecule has 0 aliphatic carbocycles. The molecule has 72 valence electrons. The average molecular weight is 253 g/mol. The van der Waals surface area contributed by atoms with Crippen LogP contribution < -0.4 is 0 Å². The van der Waals surface area contributed by atoms with Gasteiger partial charge in [-0.25, -0.2) is 0 Å². The summed E-state index contributed by atoms with van der Waals surface area (Å²) in [7, 11) is 0. The van der Waals surface area contributed by atoms with E-state index in [4.69, 9.17) is 4.74 Å². The van der Waals surface area contributed by atoms with Gasteiger partial charge in [0.25, 0.3) is 0 Å². The number of hydrogen-bond donors (Lipinski definition) is 0. The molecule has 0 aromatic heterocycles. The first-order chi connectivity index (χ1) is 6.83. The molecule has 0 saturated carbocycles. The first kappa shape index (κ1) is 9.62. The van der Waals surface area contributed by atoms with Crippen LogP contribution in [0.1, 0.15) is 11.7 Å². The Kier molecular flexibility index (Phi) is 2.79. The lowest BCUT2D eigenvalue weighted by Crippen LogP contribution is -1.86. The van der Waals surface area contributed by atoms with Crippen LogP contribution in [0, 0.1) is 0 Å². The molecule has 1 aromatic carbocycles. The zero-order valence-electron chi connectivity index (χ0n) is 7.39. The van der Waals surface area contributed by atoms with Crippen molar-refractivity contribution in [3.8, 4) is 0 Å². The van der Waals surface area contributed by atoms with Gasteiger partial charge in [0, 0.05) is 4.47 Å². The standard InChI is InChI=1S/C11H9BrO2/c12-9-5-2-1-4-8(9)11-10(14-11)6-3-7-13/h1-7,10-11H/b6-3+/t10-,11-/m0/s1. The molecule has 3 heteroatoms. The fourth-order valence-electron chi connectivity index (χ4n) is 1.38. The van der Waals surface area contributed by atoms with Gasteiger partial charge in [-0.05, 0) is 23.8 Å². The number of epoxide rings is 1. The maximum absolute atomic E-state index is 10.1. The van der Waals surface area contributed by atoms with Gasteiger partial charge in [-0.1, -0.05) is 34.1 Å². The van der Waals surface area contributed by atoms with E-state index in [1.54, 1.807) is 6.08 Å². The molecule has 0 radical (unpaired) electrons. The van der Waals surface area contributed by atoms with Crippen molar-refractivity contribution in [2.45, 2.75) is 12.2 Å². The smallest absolute Gasteiger partial charge is 0.142 e. The fraction of sp³-hybridized carbons (Fsp3) is 0.182. The van der Waals surface area contributed by atoms with E-state index >= 15 is 0 Å². The first-order valence-electron chi connectivity index (χ1n) is 4.35. The molecule has 1 aliphatic rings. The number of hydrogen-bond acceptors (Lipinski definition) is 2. The van der Waals surface area contributed by atoms with E-state index in [1.165, 1.54) is 6.08 Å². The molecule has 0 bridgehead atoms. The fourth-order valence-corrected chi connectivity index (χ4v) is 1.89. The van der Waals surface area contributed by atoms with Gasteiger partial charge in [0.2, 0.25) is 0 Å². The third-order valence-corrected chi connectivity index (χ3v) is 2.84. The van der Waals surface area contributed by atoms with Crippen molar-refractivity contribution in [1.29, 1.82) is 0 Å². The molecular weight excluding hydrogens is 244 g/mol. The Labute approximate surface area is 90.7 Å². The van der Waals surface area contributed by atoms with Crippen molar-refractivity contribution in [2.24, 2.45) is 0 Å². The molecule has 0 amide bonds. The SMILES string of the molecule is O=C/C=C/[C@@H]1O[C@H]1c1ccccc1Br. The number of aldehydes is 1. The molecule has 1 aromatic rings. The highest BCUT2D eigenvalue weighted by atomic mass is 79.9. The predicted octanol–water partition coefficient (Wildman–Crippen LogP) is 2.64. The predicted molar refractivity (Wildman–Crippen MR) is 57.0 cm³/mol. The molecule has 0 spiro atoms. The first-order valence-corrected chi connectivity index (χ1v) is 5.14. The summed E-state index contributed by atoms with van der Waals surface area (Å²) in [5.74, 6) is 0. The lowest BCUT2D eigenvalue weighted by molar-refractivity contribution is -0.104. The van der Waals surface area contributed by atoms with E-state index < -0.39 is 0 Å². The molecule has 1 aliphatic heterocycles. The average Bonchev–Trinajstić information content (AvgIpc) is 2.95. The number of allylic oxidation sites excluding steroid dienone is 1. The topological polar surface area (TPSA) is 29.6 Å². The summed E-state index contributed by atoms with van der Waals surface area (Å²) in [6.45, 7) is 0. The van der Waals surface area contributed by atoms with Crippen LogP contribution in [0.4, 0.5) is 0 Å². The van der Waals surface area contributed by atoms with Gasteiger partial charge in [-0.3, -0.25) is 4.79 Å². The van der Waals surface area contributed by atoms with Crippen LogP contribution in [0.2, 0.25) is 0 Å². The van der Waals surface area contributed by atoms with Gasteiger partial charge >= 0.3 is 0 Å². The van der Waals surface area contributed by atoms with Crippen molar-refractivity contribution in [3.05, 3.63) is 46.5 Å². The molecule has 14 heavy (non-hydrogen) atoms. The van der Waals surface area contributed by atoms with Gasteiger partial charge in [-0.15, -0.1) is 0 Å². The summed E-state index contributed by atoms with van der Waals surface area (Å²) in [6, 6.07) is 7.94.